The van der Waals surface area contributed by atoms with Gasteiger partial charge >= 0.3 is 0 Å². The summed E-state index contributed by atoms with van der Waals surface area (Å²) < 4.78 is 1.39. The lowest BCUT2D eigenvalue weighted by atomic mass is 10.3. The molecular weight excluding hydrogens is 242 g/mol. The number of hydrogen-bond acceptors (Lipinski definition) is 3. The predicted molar refractivity (Wildman–Crippen MR) is 74.6 cm³/mol. The van der Waals surface area contributed by atoms with Gasteiger partial charge in [0.2, 0.25) is 0 Å². The molecule has 5 nitrogen and oxygen atoms in total. The van der Waals surface area contributed by atoms with E-state index in [9.17, 15) is 9.59 Å². The molecule has 0 atom stereocenters. The summed E-state index contributed by atoms with van der Waals surface area (Å²) in [5.74, 6) is -0.486. The second-order valence-electron chi connectivity index (χ2n) is 3.37. The van der Waals surface area contributed by atoms with Gasteiger partial charge in [-0.1, -0.05) is 32.0 Å². The Morgan fingerprint density at radius 3 is 2.42 bits per heavy atom. The van der Waals surface area contributed by atoms with Gasteiger partial charge in [-0.05, 0) is 12.1 Å². The summed E-state index contributed by atoms with van der Waals surface area (Å²) in [6.45, 7) is 4.00. The van der Waals surface area contributed by atoms with Gasteiger partial charge < -0.3 is 5.32 Å². The summed E-state index contributed by atoms with van der Waals surface area (Å²) >= 11 is 0. The number of benzene rings is 1. The molecule has 1 aromatic carbocycles. The van der Waals surface area contributed by atoms with Crippen LogP contribution in [0.3, 0.4) is 0 Å². The van der Waals surface area contributed by atoms with Crippen LogP contribution in [0.25, 0.3) is 5.69 Å². The molecule has 100 valence electrons. The SMILES string of the molecule is CC.CNC(=O)c1nccn(-c2ccccc2)c1=O. The van der Waals surface area contributed by atoms with E-state index in [0.717, 1.165) is 0 Å². The molecule has 0 aliphatic carbocycles. The highest BCUT2D eigenvalue weighted by molar-refractivity contribution is 5.91. The molecule has 1 amide bonds. The highest BCUT2D eigenvalue weighted by Gasteiger charge is 2.12. The van der Waals surface area contributed by atoms with Gasteiger partial charge in [-0.15, -0.1) is 0 Å². The van der Waals surface area contributed by atoms with Crippen molar-refractivity contribution in [3.63, 3.8) is 0 Å². The van der Waals surface area contributed by atoms with E-state index >= 15 is 0 Å². The summed E-state index contributed by atoms with van der Waals surface area (Å²) in [6, 6.07) is 9.07. The van der Waals surface area contributed by atoms with E-state index in [4.69, 9.17) is 0 Å². The lowest BCUT2D eigenvalue weighted by Crippen LogP contribution is -2.31. The minimum absolute atomic E-state index is 0.112. The summed E-state index contributed by atoms with van der Waals surface area (Å²) in [7, 11) is 1.46. The Bertz CT molecular complexity index is 591. The van der Waals surface area contributed by atoms with Crippen molar-refractivity contribution in [1.82, 2.24) is 14.9 Å². The van der Waals surface area contributed by atoms with Gasteiger partial charge in [-0.3, -0.25) is 14.2 Å². The third-order valence-electron chi connectivity index (χ3n) is 2.32. The molecule has 0 fully saturated rings. The van der Waals surface area contributed by atoms with Gasteiger partial charge in [-0.2, -0.15) is 0 Å². The first-order chi connectivity index (χ1) is 9.24. The van der Waals surface area contributed by atoms with Crippen molar-refractivity contribution >= 4 is 5.91 Å². The minimum Gasteiger partial charge on any atom is -0.354 e. The number of nitrogens with zero attached hydrogens (tertiary/aromatic N) is 2. The Hall–Kier alpha value is -2.43. The van der Waals surface area contributed by atoms with Gasteiger partial charge in [0, 0.05) is 25.1 Å². The number of para-hydroxylation sites is 1. The molecule has 1 heterocycles. The first kappa shape index (κ1) is 14.6. The van der Waals surface area contributed by atoms with Crippen molar-refractivity contribution in [3.8, 4) is 5.69 Å². The maximum Gasteiger partial charge on any atom is 0.286 e. The normalized spacial score (nSPS) is 9.21. The molecule has 0 spiro atoms. The minimum atomic E-state index is -0.486. The predicted octanol–water partition coefficient (Wildman–Crippen LogP) is 1.62. The molecule has 0 unspecified atom stereocenters. The molecule has 0 aliphatic heterocycles. The van der Waals surface area contributed by atoms with Crippen LogP contribution in [0, 0.1) is 0 Å². The van der Waals surface area contributed by atoms with Crippen LogP contribution in [0.2, 0.25) is 0 Å². The second kappa shape index (κ2) is 7.10. The largest absolute Gasteiger partial charge is 0.354 e. The molecule has 0 radical (unpaired) electrons. The number of nitrogens with one attached hydrogen (secondary N) is 1. The number of hydrogen-bond donors (Lipinski definition) is 1. The van der Waals surface area contributed by atoms with Gasteiger partial charge in [0.05, 0.1) is 0 Å². The number of carbonyl (C=O) groups is 1. The molecule has 0 saturated heterocycles. The second-order valence-corrected chi connectivity index (χ2v) is 3.37. The van der Waals surface area contributed by atoms with Gasteiger partial charge in [0.15, 0.2) is 5.69 Å². The van der Waals surface area contributed by atoms with Gasteiger partial charge in [0.1, 0.15) is 0 Å². The summed E-state index contributed by atoms with van der Waals surface area (Å²) in [5.41, 5.74) is 0.155. The zero-order valence-corrected chi connectivity index (χ0v) is 11.3. The third-order valence-corrected chi connectivity index (χ3v) is 2.32. The maximum absolute atomic E-state index is 12.0. The van der Waals surface area contributed by atoms with Crippen LogP contribution in [-0.4, -0.2) is 22.5 Å². The fourth-order valence-electron chi connectivity index (χ4n) is 1.48. The van der Waals surface area contributed by atoms with Crippen molar-refractivity contribution in [1.29, 1.82) is 0 Å². The van der Waals surface area contributed by atoms with Gasteiger partial charge in [0.25, 0.3) is 11.5 Å². The van der Waals surface area contributed by atoms with E-state index in [0.29, 0.717) is 5.69 Å². The average Bonchev–Trinajstić information content (AvgIpc) is 2.49. The Morgan fingerprint density at radius 2 is 1.84 bits per heavy atom. The fraction of sp³-hybridized carbons (Fsp3) is 0.214. The molecular formula is C14H17N3O2. The zero-order chi connectivity index (χ0) is 14.3. The monoisotopic (exact) mass is 259 g/mol. The Morgan fingerprint density at radius 1 is 1.21 bits per heavy atom. The van der Waals surface area contributed by atoms with Crippen LogP contribution in [0.1, 0.15) is 24.3 Å². The molecule has 2 rings (SSSR count). The van der Waals surface area contributed by atoms with Crippen LogP contribution in [0.4, 0.5) is 0 Å². The molecule has 0 bridgehead atoms. The van der Waals surface area contributed by atoms with Crippen LogP contribution in [0.5, 0.6) is 0 Å². The van der Waals surface area contributed by atoms with E-state index < -0.39 is 11.5 Å². The fourth-order valence-corrected chi connectivity index (χ4v) is 1.48. The lowest BCUT2D eigenvalue weighted by Gasteiger charge is -2.06. The Kier molecular flexibility index (Phi) is 5.47. The topological polar surface area (TPSA) is 64.0 Å². The molecule has 0 saturated carbocycles. The molecule has 2 aromatic rings. The van der Waals surface area contributed by atoms with E-state index in [2.05, 4.69) is 10.3 Å². The van der Waals surface area contributed by atoms with Crippen LogP contribution < -0.4 is 10.9 Å². The van der Waals surface area contributed by atoms with Crippen molar-refractivity contribution in [2.24, 2.45) is 0 Å². The van der Waals surface area contributed by atoms with E-state index in [1.807, 2.05) is 32.0 Å². The van der Waals surface area contributed by atoms with Crippen molar-refractivity contribution in [2.45, 2.75) is 13.8 Å². The first-order valence-electron chi connectivity index (χ1n) is 6.09. The van der Waals surface area contributed by atoms with Crippen LogP contribution in [-0.2, 0) is 0 Å². The smallest absolute Gasteiger partial charge is 0.286 e. The van der Waals surface area contributed by atoms with Crippen LogP contribution >= 0.6 is 0 Å². The standard InChI is InChI=1S/C12H11N3O2.C2H6/c1-13-11(16)10-12(17)15(8-7-14-10)9-5-3-2-4-6-9;1-2/h2-8H,1H3,(H,13,16);1-2H3. The lowest BCUT2D eigenvalue weighted by molar-refractivity contribution is 0.0956. The highest BCUT2D eigenvalue weighted by atomic mass is 16.2. The zero-order valence-electron chi connectivity index (χ0n) is 11.3. The van der Waals surface area contributed by atoms with Crippen molar-refractivity contribution in [3.05, 3.63) is 58.8 Å². The Labute approximate surface area is 111 Å². The van der Waals surface area contributed by atoms with E-state index in [1.165, 1.54) is 24.0 Å². The average molecular weight is 259 g/mol. The molecule has 19 heavy (non-hydrogen) atoms. The van der Waals surface area contributed by atoms with E-state index in [-0.39, 0.29) is 5.69 Å². The van der Waals surface area contributed by atoms with Crippen molar-refractivity contribution in [2.75, 3.05) is 7.05 Å². The van der Waals surface area contributed by atoms with E-state index in [1.54, 1.807) is 12.1 Å². The maximum atomic E-state index is 12.0. The third kappa shape index (κ3) is 3.28. The van der Waals surface area contributed by atoms with Crippen molar-refractivity contribution < 1.29 is 4.79 Å². The summed E-state index contributed by atoms with van der Waals surface area (Å²) in [6.07, 6.45) is 2.96. The molecule has 0 aliphatic rings. The Balaban J connectivity index is 0.000000861. The quantitative estimate of drug-likeness (QED) is 0.891. The summed E-state index contributed by atoms with van der Waals surface area (Å²) in [4.78, 5) is 27.2. The van der Waals surface area contributed by atoms with Crippen LogP contribution in [0.15, 0.2) is 47.5 Å². The first-order valence-corrected chi connectivity index (χ1v) is 6.09. The van der Waals surface area contributed by atoms with Gasteiger partial charge in [-0.25, -0.2) is 4.98 Å². The number of carbonyl (C=O) groups excluding carboxylic acids is 1. The number of aromatic nitrogens is 2. The molecule has 1 N–H and O–H groups in total. The highest BCUT2D eigenvalue weighted by Crippen LogP contribution is 2.03. The summed E-state index contributed by atoms with van der Waals surface area (Å²) in [5, 5.41) is 2.39. The molecule has 1 aromatic heterocycles. The molecule has 5 heteroatoms. The number of rotatable bonds is 2. The number of amides is 1.